The van der Waals surface area contributed by atoms with Gasteiger partial charge in [0.1, 0.15) is 0 Å². The molecule has 0 saturated heterocycles. The predicted molar refractivity (Wildman–Crippen MR) is 109 cm³/mol. The Hall–Kier alpha value is -4.08. The highest BCUT2D eigenvalue weighted by Crippen LogP contribution is 2.08. The van der Waals surface area contributed by atoms with Crippen LogP contribution >= 0.6 is 0 Å². The summed E-state index contributed by atoms with van der Waals surface area (Å²) < 4.78 is 19.4. The summed E-state index contributed by atoms with van der Waals surface area (Å²) >= 11 is 0. The Balaban J connectivity index is 1.53. The molecule has 31 heavy (non-hydrogen) atoms. The maximum Gasteiger partial charge on any atom is 0.344 e. The van der Waals surface area contributed by atoms with Gasteiger partial charge in [-0.25, -0.2) is 19.2 Å². The van der Waals surface area contributed by atoms with Gasteiger partial charge >= 0.3 is 23.9 Å². The van der Waals surface area contributed by atoms with Gasteiger partial charge in [-0.1, -0.05) is 0 Å². The number of nitrogen functional groups attached to an aromatic ring is 2. The summed E-state index contributed by atoms with van der Waals surface area (Å²) in [6.45, 7) is -1.19. The second-order valence-electron chi connectivity index (χ2n) is 6.19. The van der Waals surface area contributed by atoms with Crippen LogP contribution in [0, 0.1) is 0 Å². The number of rotatable bonds is 10. The maximum absolute atomic E-state index is 11.8. The molecule has 0 saturated carbocycles. The molecular weight excluding hydrogens is 408 g/mol. The van der Waals surface area contributed by atoms with E-state index in [4.69, 9.17) is 30.4 Å². The molecule has 0 bridgehead atoms. The van der Waals surface area contributed by atoms with Gasteiger partial charge < -0.3 is 30.4 Å². The zero-order chi connectivity index (χ0) is 22.6. The summed E-state index contributed by atoms with van der Waals surface area (Å²) in [4.78, 5) is 46.7. The summed E-state index contributed by atoms with van der Waals surface area (Å²) in [7, 11) is 0. The molecule has 10 nitrogen and oxygen atoms in total. The SMILES string of the molecule is Nc1ccc(C(=O)OCC(=O)OCCCOC(=O)COC(=O)c2ccc(N)cc2)cc1. The highest BCUT2D eigenvalue weighted by molar-refractivity contribution is 5.91. The van der Waals surface area contributed by atoms with Crippen LogP contribution in [0.4, 0.5) is 11.4 Å². The fourth-order valence-electron chi connectivity index (χ4n) is 2.17. The van der Waals surface area contributed by atoms with Crippen molar-refractivity contribution in [1.29, 1.82) is 0 Å². The fourth-order valence-corrected chi connectivity index (χ4v) is 2.17. The first-order valence-electron chi connectivity index (χ1n) is 9.21. The summed E-state index contributed by atoms with van der Waals surface area (Å²) in [5.41, 5.74) is 12.5. The molecule has 0 aliphatic carbocycles. The van der Waals surface area contributed by atoms with E-state index in [1.54, 1.807) is 0 Å². The molecule has 0 aliphatic rings. The van der Waals surface area contributed by atoms with Gasteiger partial charge in [-0.05, 0) is 48.5 Å². The first kappa shape index (κ1) is 23.2. The average Bonchev–Trinajstić information content (AvgIpc) is 2.76. The molecule has 0 atom stereocenters. The molecule has 0 aliphatic heterocycles. The first-order valence-corrected chi connectivity index (χ1v) is 9.21. The van der Waals surface area contributed by atoms with Crippen molar-refractivity contribution >= 4 is 35.3 Å². The van der Waals surface area contributed by atoms with Crippen LogP contribution in [0.1, 0.15) is 27.1 Å². The number of nitrogens with two attached hydrogens (primary N) is 2. The minimum Gasteiger partial charge on any atom is -0.463 e. The van der Waals surface area contributed by atoms with Gasteiger partial charge in [-0.3, -0.25) is 0 Å². The van der Waals surface area contributed by atoms with Crippen molar-refractivity contribution in [2.45, 2.75) is 6.42 Å². The maximum atomic E-state index is 11.8. The molecule has 0 fully saturated rings. The van der Waals surface area contributed by atoms with Gasteiger partial charge in [0.15, 0.2) is 13.2 Å². The highest BCUT2D eigenvalue weighted by Gasteiger charge is 2.12. The molecule has 0 spiro atoms. The molecule has 2 rings (SSSR count). The number of carbonyl (C=O) groups is 4. The molecule has 10 heteroatoms. The van der Waals surface area contributed by atoms with Crippen molar-refractivity contribution in [2.75, 3.05) is 37.9 Å². The lowest BCUT2D eigenvalue weighted by Crippen LogP contribution is -2.19. The summed E-state index contributed by atoms with van der Waals surface area (Å²) in [5.74, 6) is -2.85. The normalized spacial score (nSPS) is 10.1. The minimum absolute atomic E-state index is 0.0449. The zero-order valence-electron chi connectivity index (χ0n) is 16.6. The van der Waals surface area contributed by atoms with Crippen molar-refractivity contribution in [3.63, 3.8) is 0 Å². The van der Waals surface area contributed by atoms with Gasteiger partial charge in [-0.2, -0.15) is 0 Å². The number of hydrogen-bond donors (Lipinski definition) is 2. The van der Waals surface area contributed by atoms with Crippen molar-refractivity contribution in [1.82, 2.24) is 0 Å². The lowest BCUT2D eigenvalue weighted by molar-refractivity contribution is -0.150. The molecule has 0 aromatic heterocycles. The Morgan fingerprint density at radius 3 is 1.29 bits per heavy atom. The zero-order valence-corrected chi connectivity index (χ0v) is 16.6. The first-order chi connectivity index (χ1) is 14.8. The van der Waals surface area contributed by atoms with Crippen molar-refractivity contribution in [2.24, 2.45) is 0 Å². The van der Waals surface area contributed by atoms with Crippen LogP contribution in [0.3, 0.4) is 0 Å². The number of anilines is 2. The van der Waals surface area contributed by atoms with E-state index >= 15 is 0 Å². The van der Waals surface area contributed by atoms with Crippen LogP contribution in [0.25, 0.3) is 0 Å². The standard InChI is InChI=1S/C21H22N2O8/c22-16-6-2-14(3-7-16)20(26)30-12-18(24)28-10-1-11-29-19(25)13-31-21(27)15-4-8-17(23)9-5-15/h2-9H,1,10-13,22-23H2. The number of hydrogen-bond acceptors (Lipinski definition) is 10. The average molecular weight is 430 g/mol. The van der Waals surface area contributed by atoms with Crippen molar-refractivity contribution in [3.8, 4) is 0 Å². The summed E-state index contributed by atoms with van der Waals surface area (Å²) in [6.07, 6.45) is 0.218. The second kappa shape index (κ2) is 11.8. The molecule has 0 radical (unpaired) electrons. The molecule has 2 aromatic rings. The largest absolute Gasteiger partial charge is 0.463 e. The fraction of sp³-hybridized carbons (Fsp3) is 0.238. The van der Waals surface area contributed by atoms with E-state index in [9.17, 15) is 19.2 Å². The van der Waals surface area contributed by atoms with E-state index in [-0.39, 0.29) is 30.8 Å². The highest BCUT2D eigenvalue weighted by atomic mass is 16.6. The molecule has 2 aromatic carbocycles. The Morgan fingerprint density at radius 2 is 0.935 bits per heavy atom. The van der Waals surface area contributed by atoms with E-state index in [0.717, 1.165) is 0 Å². The smallest absolute Gasteiger partial charge is 0.344 e. The molecule has 0 unspecified atom stereocenters. The van der Waals surface area contributed by atoms with Gasteiger partial charge in [0, 0.05) is 17.8 Å². The Kier molecular flexibility index (Phi) is 8.84. The van der Waals surface area contributed by atoms with E-state index < -0.39 is 37.1 Å². The Bertz CT molecular complexity index is 834. The molecule has 164 valence electrons. The van der Waals surface area contributed by atoms with Crippen LogP contribution in [0.15, 0.2) is 48.5 Å². The number of ether oxygens (including phenoxy) is 4. The summed E-state index contributed by atoms with van der Waals surface area (Å²) in [5, 5.41) is 0. The van der Waals surface area contributed by atoms with Gasteiger partial charge in [0.25, 0.3) is 0 Å². The number of benzene rings is 2. The van der Waals surface area contributed by atoms with E-state index in [1.165, 1.54) is 48.5 Å². The van der Waals surface area contributed by atoms with Crippen LogP contribution in [-0.2, 0) is 28.5 Å². The van der Waals surface area contributed by atoms with Gasteiger partial charge in [0.2, 0.25) is 0 Å². The van der Waals surface area contributed by atoms with Crippen LogP contribution in [0.5, 0.6) is 0 Å². The predicted octanol–water partition coefficient (Wildman–Crippen LogP) is 1.34. The number of carbonyl (C=O) groups excluding carboxylic acids is 4. The van der Waals surface area contributed by atoms with Crippen molar-refractivity contribution < 1.29 is 38.1 Å². The Morgan fingerprint density at radius 1 is 0.581 bits per heavy atom. The van der Waals surface area contributed by atoms with E-state index in [2.05, 4.69) is 0 Å². The number of esters is 4. The molecule has 0 heterocycles. The van der Waals surface area contributed by atoms with E-state index in [1.807, 2.05) is 0 Å². The van der Waals surface area contributed by atoms with Gasteiger partial charge in [0.05, 0.1) is 24.3 Å². The second-order valence-corrected chi connectivity index (χ2v) is 6.19. The quantitative estimate of drug-likeness (QED) is 0.244. The Labute approximate surface area is 178 Å². The summed E-state index contributed by atoms with van der Waals surface area (Å²) in [6, 6.07) is 12.1. The van der Waals surface area contributed by atoms with E-state index in [0.29, 0.717) is 11.4 Å². The van der Waals surface area contributed by atoms with Crippen LogP contribution in [0.2, 0.25) is 0 Å². The minimum atomic E-state index is -0.743. The lowest BCUT2D eigenvalue weighted by Gasteiger charge is -2.08. The molecule has 4 N–H and O–H groups in total. The lowest BCUT2D eigenvalue weighted by atomic mass is 10.2. The van der Waals surface area contributed by atoms with Crippen LogP contribution in [-0.4, -0.2) is 50.3 Å². The van der Waals surface area contributed by atoms with Gasteiger partial charge in [-0.15, -0.1) is 0 Å². The van der Waals surface area contributed by atoms with Crippen molar-refractivity contribution in [3.05, 3.63) is 59.7 Å². The topological polar surface area (TPSA) is 157 Å². The third kappa shape index (κ3) is 8.44. The third-order valence-electron chi connectivity index (χ3n) is 3.75. The molecular formula is C21H22N2O8. The van der Waals surface area contributed by atoms with Crippen LogP contribution < -0.4 is 11.5 Å². The third-order valence-corrected chi connectivity index (χ3v) is 3.75. The molecule has 0 amide bonds. The monoisotopic (exact) mass is 430 g/mol.